The first kappa shape index (κ1) is 15.8. The van der Waals surface area contributed by atoms with Crippen molar-refractivity contribution in [2.45, 2.75) is 51.5 Å². The molecule has 0 aliphatic heterocycles. The van der Waals surface area contributed by atoms with Gasteiger partial charge in [0.25, 0.3) is 5.91 Å². The van der Waals surface area contributed by atoms with E-state index in [0.717, 1.165) is 23.2 Å². The summed E-state index contributed by atoms with van der Waals surface area (Å²) >= 11 is 9.36. The van der Waals surface area contributed by atoms with Crippen molar-refractivity contribution in [3.63, 3.8) is 0 Å². The average Bonchev–Trinajstić information content (AvgIpc) is 2.44. The predicted octanol–water partition coefficient (Wildman–Crippen LogP) is 5.19. The van der Waals surface area contributed by atoms with E-state index in [1.807, 2.05) is 6.07 Å². The molecular weight excluding hydrogens is 338 g/mol. The highest BCUT2D eigenvalue weighted by Crippen LogP contribution is 2.28. The van der Waals surface area contributed by atoms with E-state index in [1.54, 1.807) is 12.1 Å². The van der Waals surface area contributed by atoms with Crippen molar-refractivity contribution in [1.82, 2.24) is 5.32 Å². The van der Waals surface area contributed by atoms with Crippen molar-refractivity contribution in [3.05, 3.63) is 33.3 Å². The normalized spacial score (nSPS) is 22.6. The van der Waals surface area contributed by atoms with Gasteiger partial charge in [0.2, 0.25) is 0 Å². The molecule has 4 heteroatoms. The number of halogens is 2. The summed E-state index contributed by atoms with van der Waals surface area (Å²) in [6, 6.07) is 5.61. The fourth-order valence-corrected chi connectivity index (χ4v) is 3.54. The molecule has 2 nitrogen and oxygen atoms in total. The first-order valence-electron chi connectivity index (χ1n) is 7.36. The van der Waals surface area contributed by atoms with Gasteiger partial charge in [-0.25, -0.2) is 0 Å². The van der Waals surface area contributed by atoms with Crippen molar-refractivity contribution < 1.29 is 4.79 Å². The van der Waals surface area contributed by atoms with Gasteiger partial charge < -0.3 is 5.32 Å². The van der Waals surface area contributed by atoms with Crippen LogP contribution >= 0.6 is 27.5 Å². The van der Waals surface area contributed by atoms with Gasteiger partial charge in [-0.1, -0.05) is 31.4 Å². The van der Waals surface area contributed by atoms with Crippen molar-refractivity contribution >= 4 is 33.4 Å². The molecule has 0 unspecified atom stereocenters. The molecule has 1 fully saturated rings. The van der Waals surface area contributed by atoms with Crippen molar-refractivity contribution in [3.8, 4) is 0 Å². The first-order chi connectivity index (χ1) is 9.60. The molecule has 110 valence electrons. The van der Waals surface area contributed by atoms with Gasteiger partial charge in [-0.2, -0.15) is 0 Å². The zero-order chi connectivity index (χ0) is 14.5. The Hall–Kier alpha value is -0.540. The van der Waals surface area contributed by atoms with Gasteiger partial charge in [-0.3, -0.25) is 4.79 Å². The largest absolute Gasteiger partial charge is 0.349 e. The summed E-state index contributed by atoms with van der Waals surface area (Å²) in [7, 11) is 0. The second-order valence-corrected chi connectivity index (χ2v) is 6.89. The van der Waals surface area contributed by atoms with Crippen molar-refractivity contribution in [2.75, 3.05) is 0 Å². The number of carbonyl (C=O) groups excluding carboxylic acids is 1. The number of rotatable bonds is 4. The molecule has 20 heavy (non-hydrogen) atoms. The minimum atomic E-state index is -0.0293. The maximum Gasteiger partial charge on any atom is 0.252 e. The fraction of sp³-hybridized carbons (Fsp3) is 0.562. The van der Waals surface area contributed by atoms with E-state index >= 15 is 0 Å². The standard InChI is InChI=1S/C16H21BrClNO/c1-2-3-11-4-7-13(8-5-11)19-16(20)14-10-12(18)6-9-15(14)17/h6,9-11,13H,2-5,7-8H2,1H3,(H,19,20). The van der Waals surface area contributed by atoms with Gasteiger partial charge in [0.15, 0.2) is 0 Å². The number of benzene rings is 1. The lowest BCUT2D eigenvalue weighted by molar-refractivity contribution is 0.0920. The zero-order valence-electron chi connectivity index (χ0n) is 11.8. The number of carbonyl (C=O) groups is 1. The van der Waals surface area contributed by atoms with Crippen molar-refractivity contribution in [2.24, 2.45) is 5.92 Å². The van der Waals surface area contributed by atoms with Crippen LogP contribution in [0, 0.1) is 5.92 Å². The second-order valence-electron chi connectivity index (χ2n) is 5.60. The molecule has 0 bridgehead atoms. The van der Waals surface area contributed by atoms with Gasteiger partial charge in [-0.15, -0.1) is 0 Å². The Morgan fingerprint density at radius 3 is 2.70 bits per heavy atom. The molecule has 0 saturated heterocycles. The number of hydrogen-bond acceptors (Lipinski definition) is 1. The fourth-order valence-electron chi connectivity index (χ4n) is 2.94. The van der Waals surface area contributed by atoms with Crippen LogP contribution in [0.1, 0.15) is 55.8 Å². The van der Waals surface area contributed by atoms with Crippen LogP contribution in [-0.2, 0) is 0 Å². The van der Waals surface area contributed by atoms with E-state index in [0.29, 0.717) is 16.6 Å². The molecule has 0 heterocycles. The van der Waals surface area contributed by atoms with Gasteiger partial charge in [0.1, 0.15) is 0 Å². The van der Waals surface area contributed by atoms with Crippen LogP contribution < -0.4 is 5.32 Å². The molecule has 1 saturated carbocycles. The van der Waals surface area contributed by atoms with Crippen LogP contribution in [0.5, 0.6) is 0 Å². The minimum Gasteiger partial charge on any atom is -0.349 e. The summed E-state index contributed by atoms with van der Waals surface area (Å²) in [6.45, 7) is 2.24. The molecule has 1 aromatic rings. The van der Waals surface area contributed by atoms with E-state index < -0.39 is 0 Å². The van der Waals surface area contributed by atoms with Crippen LogP contribution in [0.4, 0.5) is 0 Å². The van der Waals surface area contributed by atoms with Crippen LogP contribution in [0.2, 0.25) is 5.02 Å². The Labute approximate surface area is 134 Å². The molecular formula is C16H21BrClNO. The predicted molar refractivity (Wildman–Crippen MR) is 87.3 cm³/mol. The Kier molecular flexibility index (Phi) is 5.91. The highest BCUT2D eigenvalue weighted by Gasteiger charge is 2.22. The van der Waals surface area contributed by atoms with Crippen LogP contribution in [0.25, 0.3) is 0 Å². The molecule has 1 aliphatic carbocycles. The lowest BCUT2D eigenvalue weighted by Gasteiger charge is -2.29. The Morgan fingerprint density at radius 2 is 2.05 bits per heavy atom. The number of hydrogen-bond donors (Lipinski definition) is 1. The first-order valence-corrected chi connectivity index (χ1v) is 8.53. The van der Waals surface area contributed by atoms with E-state index in [2.05, 4.69) is 28.2 Å². The molecule has 1 amide bonds. The SMILES string of the molecule is CCCC1CCC(NC(=O)c2cc(Cl)ccc2Br)CC1. The van der Waals surface area contributed by atoms with Crippen LogP contribution in [0.3, 0.4) is 0 Å². The Morgan fingerprint density at radius 1 is 1.35 bits per heavy atom. The topological polar surface area (TPSA) is 29.1 Å². The van der Waals surface area contributed by atoms with Gasteiger partial charge in [0, 0.05) is 15.5 Å². The highest BCUT2D eigenvalue weighted by molar-refractivity contribution is 9.10. The summed E-state index contributed by atoms with van der Waals surface area (Å²) < 4.78 is 0.791. The van der Waals surface area contributed by atoms with E-state index in [1.165, 1.54) is 25.7 Å². The molecule has 1 aromatic carbocycles. The van der Waals surface area contributed by atoms with E-state index in [9.17, 15) is 4.79 Å². The molecule has 0 spiro atoms. The molecule has 1 N–H and O–H groups in total. The maximum atomic E-state index is 12.3. The van der Waals surface area contributed by atoms with Gasteiger partial charge >= 0.3 is 0 Å². The molecule has 0 aromatic heterocycles. The monoisotopic (exact) mass is 357 g/mol. The number of nitrogens with one attached hydrogen (secondary N) is 1. The second kappa shape index (κ2) is 7.46. The third kappa shape index (κ3) is 4.23. The summed E-state index contributed by atoms with van der Waals surface area (Å²) in [4.78, 5) is 12.3. The number of amides is 1. The minimum absolute atomic E-state index is 0.0293. The molecule has 1 aliphatic rings. The lowest BCUT2D eigenvalue weighted by atomic mass is 9.83. The third-order valence-electron chi connectivity index (χ3n) is 4.05. The summed E-state index contributed by atoms with van der Waals surface area (Å²) in [5.41, 5.74) is 0.619. The molecule has 0 atom stereocenters. The van der Waals surface area contributed by atoms with Crippen LogP contribution in [0.15, 0.2) is 22.7 Å². The Balaban J connectivity index is 1.91. The van der Waals surface area contributed by atoms with E-state index in [4.69, 9.17) is 11.6 Å². The molecule has 2 rings (SSSR count). The highest BCUT2D eigenvalue weighted by atomic mass is 79.9. The quantitative estimate of drug-likeness (QED) is 0.788. The summed E-state index contributed by atoms with van der Waals surface area (Å²) in [5.74, 6) is 0.823. The lowest BCUT2D eigenvalue weighted by Crippen LogP contribution is -2.37. The maximum absolute atomic E-state index is 12.3. The smallest absolute Gasteiger partial charge is 0.252 e. The van der Waals surface area contributed by atoms with Gasteiger partial charge in [-0.05, 0) is 65.7 Å². The summed E-state index contributed by atoms with van der Waals surface area (Å²) in [5, 5.41) is 3.73. The zero-order valence-corrected chi connectivity index (χ0v) is 14.1. The Bertz CT molecular complexity index is 470. The third-order valence-corrected chi connectivity index (χ3v) is 4.98. The van der Waals surface area contributed by atoms with Crippen molar-refractivity contribution in [1.29, 1.82) is 0 Å². The van der Waals surface area contributed by atoms with Crippen LogP contribution in [-0.4, -0.2) is 11.9 Å². The van der Waals surface area contributed by atoms with Gasteiger partial charge in [0.05, 0.1) is 5.56 Å². The van der Waals surface area contributed by atoms with E-state index in [-0.39, 0.29) is 5.91 Å². The molecule has 0 radical (unpaired) electrons. The average molecular weight is 359 g/mol. The summed E-state index contributed by atoms with van der Waals surface area (Å²) in [6.07, 6.45) is 7.23.